The zero-order chi connectivity index (χ0) is 17.4. The van der Waals surface area contributed by atoms with Crippen molar-refractivity contribution in [1.82, 2.24) is 15.6 Å². The Kier molecular flexibility index (Phi) is 9.59. The zero-order valence-corrected chi connectivity index (χ0v) is 17.8. The summed E-state index contributed by atoms with van der Waals surface area (Å²) >= 11 is 5.80. The van der Waals surface area contributed by atoms with Gasteiger partial charge in [0.25, 0.3) is 0 Å². The number of aromatic nitrogens is 1. The lowest BCUT2D eigenvalue weighted by atomic mass is 10.1. The third-order valence-corrected chi connectivity index (χ3v) is 3.67. The van der Waals surface area contributed by atoms with Gasteiger partial charge in [0.15, 0.2) is 5.96 Å². The van der Waals surface area contributed by atoms with Crippen LogP contribution in [0, 0.1) is 6.92 Å². The van der Waals surface area contributed by atoms with E-state index < -0.39 is 0 Å². The molecule has 5 nitrogen and oxygen atoms in total. The average molecular weight is 475 g/mol. The molecule has 0 aliphatic carbocycles. The molecule has 136 valence electrons. The van der Waals surface area contributed by atoms with E-state index in [9.17, 15) is 0 Å². The second kappa shape index (κ2) is 11.1. The Bertz CT molecular complexity index is 692. The SMILES string of the molecule is CCNC(=NCc1ccc(Cl)nc1)NCc1ccc(C)cc1OC.I. The first-order valence-electron chi connectivity index (χ1n) is 7.88. The molecule has 0 atom stereocenters. The molecule has 0 aliphatic heterocycles. The summed E-state index contributed by atoms with van der Waals surface area (Å²) in [5.41, 5.74) is 3.26. The molecular weight excluding hydrogens is 451 g/mol. The standard InChI is InChI=1S/C18H23ClN4O.HI/c1-4-20-18(22-11-14-6-8-17(19)21-10-14)23-12-15-7-5-13(2)9-16(15)24-3;/h5-10H,4,11-12H2,1-3H3,(H2,20,22,23);1H. The highest BCUT2D eigenvalue weighted by atomic mass is 127. The molecular formula is C18H24ClIN4O. The van der Waals surface area contributed by atoms with Crippen LogP contribution in [0.5, 0.6) is 5.75 Å². The van der Waals surface area contributed by atoms with Crippen LogP contribution in [-0.4, -0.2) is 24.6 Å². The van der Waals surface area contributed by atoms with Gasteiger partial charge in [-0.2, -0.15) is 0 Å². The highest BCUT2D eigenvalue weighted by Crippen LogP contribution is 2.19. The molecule has 0 saturated heterocycles. The van der Waals surface area contributed by atoms with E-state index in [4.69, 9.17) is 16.3 Å². The number of ether oxygens (including phenoxy) is 1. The molecule has 1 aromatic heterocycles. The summed E-state index contributed by atoms with van der Waals surface area (Å²) in [5.74, 6) is 1.62. The van der Waals surface area contributed by atoms with Crippen molar-refractivity contribution >= 4 is 41.5 Å². The van der Waals surface area contributed by atoms with E-state index in [1.54, 1.807) is 19.4 Å². The van der Waals surface area contributed by atoms with E-state index in [2.05, 4.69) is 32.7 Å². The lowest BCUT2D eigenvalue weighted by molar-refractivity contribution is 0.408. The number of aryl methyl sites for hydroxylation is 1. The molecule has 25 heavy (non-hydrogen) atoms. The minimum absolute atomic E-state index is 0. The van der Waals surface area contributed by atoms with Gasteiger partial charge in [-0.25, -0.2) is 9.98 Å². The van der Waals surface area contributed by atoms with E-state index in [0.29, 0.717) is 18.2 Å². The first-order chi connectivity index (χ1) is 11.6. The summed E-state index contributed by atoms with van der Waals surface area (Å²) in [6.07, 6.45) is 1.73. The minimum atomic E-state index is 0. The van der Waals surface area contributed by atoms with E-state index in [1.807, 2.05) is 26.0 Å². The van der Waals surface area contributed by atoms with Gasteiger partial charge in [-0.05, 0) is 37.1 Å². The molecule has 1 heterocycles. The largest absolute Gasteiger partial charge is 0.496 e. The number of hydrogen-bond donors (Lipinski definition) is 2. The van der Waals surface area contributed by atoms with Crippen LogP contribution in [-0.2, 0) is 13.1 Å². The summed E-state index contributed by atoms with van der Waals surface area (Å²) in [6.45, 7) is 6.04. The van der Waals surface area contributed by atoms with Crippen molar-refractivity contribution in [3.05, 3.63) is 58.4 Å². The minimum Gasteiger partial charge on any atom is -0.496 e. The Morgan fingerprint density at radius 2 is 2.04 bits per heavy atom. The molecule has 0 aliphatic rings. The number of nitrogens with one attached hydrogen (secondary N) is 2. The Morgan fingerprint density at radius 3 is 2.68 bits per heavy atom. The fraction of sp³-hybridized carbons (Fsp3) is 0.333. The van der Waals surface area contributed by atoms with Crippen molar-refractivity contribution < 1.29 is 4.74 Å². The Hall–Kier alpha value is -1.54. The van der Waals surface area contributed by atoms with E-state index in [0.717, 1.165) is 29.4 Å². The van der Waals surface area contributed by atoms with E-state index >= 15 is 0 Å². The van der Waals surface area contributed by atoms with Gasteiger partial charge in [0.1, 0.15) is 10.9 Å². The van der Waals surface area contributed by atoms with Crippen LogP contribution < -0.4 is 15.4 Å². The summed E-state index contributed by atoms with van der Waals surface area (Å²) in [4.78, 5) is 8.64. The molecule has 7 heteroatoms. The molecule has 0 saturated carbocycles. The molecule has 0 spiro atoms. The van der Waals surface area contributed by atoms with Crippen LogP contribution in [0.1, 0.15) is 23.6 Å². The van der Waals surface area contributed by atoms with Gasteiger partial charge in [-0.15, -0.1) is 24.0 Å². The highest BCUT2D eigenvalue weighted by molar-refractivity contribution is 14.0. The van der Waals surface area contributed by atoms with Crippen molar-refractivity contribution in [1.29, 1.82) is 0 Å². The number of nitrogens with zero attached hydrogens (tertiary/aromatic N) is 2. The highest BCUT2D eigenvalue weighted by Gasteiger charge is 2.05. The fourth-order valence-corrected chi connectivity index (χ4v) is 2.30. The monoisotopic (exact) mass is 474 g/mol. The summed E-state index contributed by atoms with van der Waals surface area (Å²) in [7, 11) is 1.69. The van der Waals surface area contributed by atoms with Gasteiger partial charge in [-0.1, -0.05) is 29.8 Å². The molecule has 2 aromatic rings. The smallest absolute Gasteiger partial charge is 0.191 e. The topological polar surface area (TPSA) is 58.5 Å². The van der Waals surface area contributed by atoms with Gasteiger partial charge in [0.05, 0.1) is 13.7 Å². The van der Waals surface area contributed by atoms with Gasteiger partial charge >= 0.3 is 0 Å². The molecule has 0 unspecified atom stereocenters. The maximum Gasteiger partial charge on any atom is 0.191 e. The number of rotatable bonds is 6. The van der Waals surface area contributed by atoms with Crippen LogP contribution >= 0.6 is 35.6 Å². The Balaban J connectivity index is 0.00000312. The first kappa shape index (κ1) is 21.5. The van der Waals surface area contributed by atoms with Crippen molar-refractivity contribution in [2.45, 2.75) is 26.9 Å². The predicted octanol–water partition coefficient (Wildman–Crippen LogP) is 3.93. The summed E-state index contributed by atoms with van der Waals surface area (Å²) < 4.78 is 5.44. The summed E-state index contributed by atoms with van der Waals surface area (Å²) in [6, 6.07) is 9.85. The molecule has 0 fully saturated rings. The number of methoxy groups -OCH3 is 1. The number of pyridine rings is 1. The van der Waals surface area contributed by atoms with Crippen LogP contribution in [0.25, 0.3) is 0 Å². The fourth-order valence-electron chi connectivity index (χ4n) is 2.19. The number of benzene rings is 1. The van der Waals surface area contributed by atoms with Crippen LogP contribution in [0.2, 0.25) is 5.15 Å². The number of aliphatic imine (C=N–C) groups is 1. The van der Waals surface area contributed by atoms with Crippen LogP contribution in [0.4, 0.5) is 0 Å². The normalized spacial score (nSPS) is 10.8. The molecule has 1 aromatic carbocycles. The van der Waals surface area contributed by atoms with Crippen molar-refractivity contribution in [3.8, 4) is 5.75 Å². The molecule has 0 amide bonds. The molecule has 0 bridgehead atoms. The number of halogens is 2. The van der Waals surface area contributed by atoms with E-state index in [1.165, 1.54) is 5.56 Å². The maximum atomic E-state index is 5.80. The van der Waals surface area contributed by atoms with Gasteiger partial charge < -0.3 is 15.4 Å². The third-order valence-electron chi connectivity index (χ3n) is 3.44. The van der Waals surface area contributed by atoms with Crippen molar-refractivity contribution in [2.75, 3.05) is 13.7 Å². The first-order valence-corrected chi connectivity index (χ1v) is 8.26. The second-order valence-corrected chi connectivity index (χ2v) is 5.74. The van der Waals surface area contributed by atoms with Crippen LogP contribution in [0.3, 0.4) is 0 Å². The third kappa shape index (κ3) is 7.07. The predicted molar refractivity (Wildman–Crippen MR) is 114 cm³/mol. The van der Waals surface area contributed by atoms with E-state index in [-0.39, 0.29) is 24.0 Å². The van der Waals surface area contributed by atoms with Crippen molar-refractivity contribution in [2.24, 2.45) is 4.99 Å². The number of hydrogen-bond acceptors (Lipinski definition) is 3. The Morgan fingerprint density at radius 1 is 1.24 bits per heavy atom. The lowest BCUT2D eigenvalue weighted by Gasteiger charge is -2.14. The van der Waals surface area contributed by atoms with Gasteiger partial charge in [-0.3, -0.25) is 0 Å². The van der Waals surface area contributed by atoms with Crippen LogP contribution in [0.15, 0.2) is 41.5 Å². The zero-order valence-electron chi connectivity index (χ0n) is 14.7. The quantitative estimate of drug-likeness (QED) is 0.288. The lowest BCUT2D eigenvalue weighted by Crippen LogP contribution is -2.36. The molecule has 0 radical (unpaired) electrons. The molecule has 2 rings (SSSR count). The Labute approximate surface area is 171 Å². The van der Waals surface area contributed by atoms with Crippen molar-refractivity contribution in [3.63, 3.8) is 0 Å². The summed E-state index contributed by atoms with van der Waals surface area (Å²) in [5, 5.41) is 7.05. The maximum absolute atomic E-state index is 5.80. The van der Waals surface area contributed by atoms with Gasteiger partial charge in [0, 0.05) is 24.8 Å². The second-order valence-electron chi connectivity index (χ2n) is 5.35. The average Bonchev–Trinajstić information content (AvgIpc) is 2.59. The van der Waals surface area contributed by atoms with Gasteiger partial charge in [0.2, 0.25) is 0 Å². The number of guanidine groups is 1. The molecule has 2 N–H and O–H groups in total.